The van der Waals surface area contributed by atoms with E-state index in [4.69, 9.17) is 4.42 Å². The van der Waals surface area contributed by atoms with E-state index >= 15 is 0 Å². The summed E-state index contributed by atoms with van der Waals surface area (Å²) in [6.07, 6.45) is 0. The fourth-order valence-corrected chi connectivity index (χ4v) is 4.68. The topological polar surface area (TPSA) is 45.5 Å². The smallest absolute Gasteiger partial charge is 0.291 e. The molecule has 2 heterocycles. The highest BCUT2D eigenvalue weighted by Gasteiger charge is 2.16. The number of nitrogens with zero attached hydrogens (tertiary/aromatic N) is 1. The molecule has 0 radical (unpaired) electrons. The van der Waals surface area contributed by atoms with E-state index in [1.807, 2.05) is 36.9 Å². The Hall–Kier alpha value is -1.76. The fraction of sp³-hybridized carbons (Fsp3) is 0.286. The number of hydrogen-bond donors (Lipinski definition) is 1. The van der Waals surface area contributed by atoms with E-state index in [-0.39, 0.29) is 5.91 Å². The summed E-state index contributed by atoms with van der Waals surface area (Å²) < 4.78 is 6.60. The molecule has 1 aliphatic heterocycles. The molecule has 4 nitrogen and oxygen atoms in total. The van der Waals surface area contributed by atoms with Crippen molar-refractivity contribution in [3.63, 3.8) is 0 Å². The van der Waals surface area contributed by atoms with Gasteiger partial charge in [-0.25, -0.2) is 0 Å². The molecule has 1 aliphatic rings. The predicted octanol–water partition coefficient (Wildman–Crippen LogP) is 5.30. The number of nitrogens with one attached hydrogen (secondary N) is 1. The maximum atomic E-state index is 12.7. The van der Waals surface area contributed by atoms with Gasteiger partial charge in [-0.3, -0.25) is 9.69 Å². The van der Waals surface area contributed by atoms with Crippen LogP contribution in [0, 0.1) is 6.92 Å². The molecule has 3 aromatic rings. The van der Waals surface area contributed by atoms with Gasteiger partial charge in [0.2, 0.25) is 0 Å². The molecule has 0 unspecified atom stereocenters. The second-order valence-electron chi connectivity index (χ2n) is 6.76. The standard InChI is InChI=1S/C21H21BrN2O2S/c1-14-5-6-15(13-24-7-9-27-10-8-24)11-18(14)23-21(25)19-12-16-3-2-4-17(22)20(16)26-19/h2-6,11-12H,7-10,13H2,1H3,(H,23,25). The molecular formula is C21H21BrN2O2S. The lowest BCUT2D eigenvalue weighted by Crippen LogP contribution is -2.32. The summed E-state index contributed by atoms with van der Waals surface area (Å²) in [5, 5.41) is 3.92. The lowest BCUT2D eigenvalue weighted by Gasteiger charge is -2.26. The Kier molecular flexibility index (Phi) is 5.57. The first kappa shape index (κ1) is 18.6. The molecule has 1 saturated heterocycles. The van der Waals surface area contributed by atoms with Gasteiger partial charge in [-0.2, -0.15) is 11.8 Å². The van der Waals surface area contributed by atoms with Crippen molar-refractivity contribution in [2.75, 3.05) is 29.9 Å². The van der Waals surface area contributed by atoms with Crippen molar-refractivity contribution in [3.8, 4) is 0 Å². The van der Waals surface area contributed by atoms with Crippen molar-refractivity contribution in [3.05, 3.63) is 63.8 Å². The Morgan fingerprint density at radius 1 is 1.22 bits per heavy atom. The molecule has 1 amide bonds. The predicted molar refractivity (Wildman–Crippen MR) is 116 cm³/mol. The first-order valence-electron chi connectivity index (χ1n) is 8.99. The highest BCUT2D eigenvalue weighted by molar-refractivity contribution is 9.10. The Balaban J connectivity index is 1.52. The van der Waals surface area contributed by atoms with Gasteiger partial charge in [0.1, 0.15) is 5.58 Å². The molecule has 0 spiro atoms. The number of rotatable bonds is 4. The summed E-state index contributed by atoms with van der Waals surface area (Å²) in [7, 11) is 0. The second kappa shape index (κ2) is 8.09. The van der Waals surface area contributed by atoms with Crippen LogP contribution in [-0.2, 0) is 6.54 Å². The normalized spacial score (nSPS) is 15.2. The molecule has 0 saturated carbocycles. The molecule has 1 aromatic heterocycles. The number of anilines is 1. The average Bonchev–Trinajstić information content (AvgIpc) is 3.11. The third-order valence-corrected chi connectivity index (χ3v) is 6.35. The van der Waals surface area contributed by atoms with E-state index in [0.717, 1.165) is 40.7 Å². The molecule has 0 atom stereocenters. The lowest BCUT2D eigenvalue weighted by atomic mass is 10.1. The summed E-state index contributed by atoms with van der Waals surface area (Å²) in [6, 6.07) is 13.8. The van der Waals surface area contributed by atoms with Crippen molar-refractivity contribution >= 4 is 50.3 Å². The van der Waals surface area contributed by atoms with E-state index in [9.17, 15) is 4.79 Å². The van der Waals surface area contributed by atoms with Gasteiger partial charge in [0.05, 0.1) is 4.47 Å². The van der Waals surface area contributed by atoms with E-state index < -0.39 is 0 Å². The third-order valence-electron chi connectivity index (χ3n) is 4.78. The summed E-state index contributed by atoms with van der Waals surface area (Å²) in [6.45, 7) is 5.16. The molecular weight excluding hydrogens is 424 g/mol. The van der Waals surface area contributed by atoms with Crippen LogP contribution in [0.2, 0.25) is 0 Å². The molecule has 6 heteroatoms. The van der Waals surface area contributed by atoms with Crippen molar-refractivity contribution < 1.29 is 9.21 Å². The SMILES string of the molecule is Cc1ccc(CN2CCSCC2)cc1NC(=O)c1cc2cccc(Br)c2o1. The minimum atomic E-state index is -0.229. The Labute approximate surface area is 171 Å². The number of benzene rings is 2. The Bertz CT molecular complexity index is 979. The first-order valence-corrected chi connectivity index (χ1v) is 10.9. The molecule has 2 aromatic carbocycles. The number of carbonyl (C=O) groups excluding carboxylic acids is 1. The summed E-state index contributed by atoms with van der Waals surface area (Å²) >= 11 is 5.47. The number of para-hydroxylation sites is 1. The van der Waals surface area contributed by atoms with Crippen molar-refractivity contribution in [1.82, 2.24) is 4.90 Å². The Morgan fingerprint density at radius 2 is 2.04 bits per heavy atom. The number of thioether (sulfide) groups is 1. The number of carbonyl (C=O) groups is 1. The van der Waals surface area contributed by atoms with Gasteiger partial charge in [-0.1, -0.05) is 24.3 Å². The number of aryl methyl sites for hydroxylation is 1. The number of hydrogen-bond acceptors (Lipinski definition) is 4. The van der Waals surface area contributed by atoms with Gasteiger partial charge in [-0.15, -0.1) is 0 Å². The minimum absolute atomic E-state index is 0.229. The van der Waals surface area contributed by atoms with Gasteiger partial charge in [-0.05, 0) is 52.2 Å². The van der Waals surface area contributed by atoms with Crippen LogP contribution < -0.4 is 5.32 Å². The molecule has 140 valence electrons. The van der Waals surface area contributed by atoms with Crippen LogP contribution >= 0.6 is 27.7 Å². The van der Waals surface area contributed by atoms with Gasteiger partial charge < -0.3 is 9.73 Å². The van der Waals surface area contributed by atoms with Crippen LogP contribution in [0.25, 0.3) is 11.0 Å². The van der Waals surface area contributed by atoms with E-state index in [2.05, 4.69) is 44.3 Å². The van der Waals surface area contributed by atoms with E-state index in [0.29, 0.717) is 11.3 Å². The molecule has 4 rings (SSSR count). The van der Waals surface area contributed by atoms with E-state index in [1.165, 1.54) is 17.1 Å². The number of fused-ring (bicyclic) bond motifs is 1. The fourth-order valence-electron chi connectivity index (χ4n) is 3.24. The van der Waals surface area contributed by atoms with Gasteiger partial charge in [0, 0.05) is 42.2 Å². The zero-order valence-corrected chi connectivity index (χ0v) is 17.5. The zero-order chi connectivity index (χ0) is 18.8. The van der Waals surface area contributed by atoms with Crippen LogP contribution in [0.3, 0.4) is 0 Å². The second-order valence-corrected chi connectivity index (χ2v) is 8.84. The van der Waals surface area contributed by atoms with E-state index in [1.54, 1.807) is 6.07 Å². The first-order chi connectivity index (χ1) is 13.1. The number of amides is 1. The maximum Gasteiger partial charge on any atom is 0.291 e. The van der Waals surface area contributed by atoms with Crippen molar-refractivity contribution in [2.45, 2.75) is 13.5 Å². The summed E-state index contributed by atoms with van der Waals surface area (Å²) in [4.78, 5) is 15.2. The van der Waals surface area contributed by atoms with Crippen LogP contribution in [-0.4, -0.2) is 35.4 Å². The van der Waals surface area contributed by atoms with Crippen LogP contribution in [0.1, 0.15) is 21.7 Å². The molecule has 0 bridgehead atoms. The highest BCUT2D eigenvalue weighted by Crippen LogP contribution is 2.28. The van der Waals surface area contributed by atoms with Crippen molar-refractivity contribution in [1.29, 1.82) is 0 Å². The van der Waals surface area contributed by atoms with Crippen LogP contribution in [0.5, 0.6) is 0 Å². The zero-order valence-electron chi connectivity index (χ0n) is 15.1. The minimum Gasteiger partial charge on any atom is -0.450 e. The highest BCUT2D eigenvalue weighted by atomic mass is 79.9. The summed E-state index contributed by atoms with van der Waals surface area (Å²) in [5.74, 6) is 2.47. The van der Waals surface area contributed by atoms with Crippen LogP contribution in [0.4, 0.5) is 5.69 Å². The van der Waals surface area contributed by atoms with Gasteiger partial charge >= 0.3 is 0 Å². The lowest BCUT2D eigenvalue weighted by molar-refractivity contribution is 0.0998. The molecule has 1 N–H and O–H groups in total. The molecule has 1 fully saturated rings. The maximum absolute atomic E-state index is 12.7. The summed E-state index contributed by atoms with van der Waals surface area (Å²) in [5.41, 5.74) is 3.79. The number of halogens is 1. The quantitative estimate of drug-likeness (QED) is 0.592. The van der Waals surface area contributed by atoms with Crippen molar-refractivity contribution in [2.24, 2.45) is 0 Å². The number of furan rings is 1. The average molecular weight is 445 g/mol. The third kappa shape index (κ3) is 4.23. The molecule has 0 aliphatic carbocycles. The molecule has 27 heavy (non-hydrogen) atoms. The van der Waals surface area contributed by atoms with Gasteiger partial charge in [0.15, 0.2) is 5.76 Å². The largest absolute Gasteiger partial charge is 0.450 e. The monoisotopic (exact) mass is 444 g/mol. The Morgan fingerprint density at radius 3 is 2.81 bits per heavy atom. The van der Waals surface area contributed by atoms with Gasteiger partial charge in [0.25, 0.3) is 5.91 Å². The van der Waals surface area contributed by atoms with Crippen LogP contribution in [0.15, 0.2) is 51.4 Å².